The first-order valence-electron chi connectivity index (χ1n) is 7.20. The molecule has 0 aliphatic heterocycles. The van der Waals surface area contributed by atoms with Crippen LogP contribution in [0.3, 0.4) is 0 Å². The third-order valence-electron chi connectivity index (χ3n) is 4.10. The molecular formula is C17H26FN. The maximum atomic E-state index is 13.1. The van der Waals surface area contributed by atoms with Crippen LogP contribution in [0.2, 0.25) is 0 Å². The number of halogens is 1. The average Bonchev–Trinajstić information content (AvgIpc) is 2.17. The van der Waals surface area contributed by atoms with Gasteiger partial charge >= 0.3 is 0 Å². The van der Waals surface area contributed by atoms with Gasteiger partial charge in [-0.3, -0.25) is 0 Å². The fraction of sp³-hybridized carbons (Fsp3) is 0.647. The van der Waals surface area contributed by atoms with Gasteiger partial charge in [0.1, 0.15) is 5.82 Å². The van der Waals surface area contributed by atoms with Crippen molar-refractivity contribution in [1.29, 1.82) is 0 Å². The smallest absolute Gasteiger partial charge is 0.123 e. The molecule has 0 heterocycles. The predicted molar refractivity (Wildman–Crippen MR) is 80.0 cm³/mol. The van der Waals surface area contributed by atoms with Gasteiger partial charge in [-0.1, -0.05) is 27.7 Å². The van der Waals surface area contributed by atoms with Crippen LogP contribution < -0.4 is 5.32 Å². The molecule has 1 aromatic rings. The summed E-state index contributed by atoms with van der Waals surface area (Å²) in [4.78, 5) is 0. The Labute approximate surface area is 116 Å². The van der Waals surface area contributed by atoms with E-state index >= 15 is 0 Å². The summed E-state index contributed by atoms with van der Waals surface area (Å²) in [7, 11) is 0. The van der Waals surface area contributed by atoms with Crippen molar-refractivity contribution < 1.29 is 4.39 Å². The molecule has 1 saturated carbocycles. The van der Waals surface area contributed by atoms with Crippen LogP contribution in [0.1, 0.15) is 52.5 Å². The van der Waals surface area contributed by atoms with Crippen LogP contribution in [0.5, 0.6) is 0 Å². The standard InChI is InChI=1S/C17H26FN/c1-12-8-13(18)6-7-15(12)19-14-9-16(2,3)11-17(4,5)10-14/h6-8,14,19H,9-11H2,1-5H3. The SMILES string of the molecule is Cc1cc(F)ccc1NC1CC(C)(C)CC(C)(C)C1. The Morgan fingerprint density at radius 3 is 2.21 bits per heavy atom. The molecule has 0 radical (unpaired) electrons. The number of hydrogen-bond donors (Lipinski definition) is 1. The second-order valence-electron chi connectivity index (χ2n) is 7.71. The van der Waals surface area contributed by atoms with Crippen LogP contribution in [0.4, 0.5) is 10.1 Å². The van der Waals surface area contributed by atoms with Crippen LogP contribution in [0.25, 0.3) is 0 Å². The van der Waals surface area contributed by atoms with E-state index in [1.807, 2.05) is 13.0 Å². The molecule has 0 amide bonds. The highest BCUT2D eigenvalue weighted by Crippen LogP contribution is 2.46. The molecule has 106 valence electrons. The molecule has 2 rings (SSSR count). The van der Waals surface area contributed by atoms with E-state index in [2.05, 4.69) is 33.0 Å². The minimum atomic E-state index is -0.160. The summed E-state index contributed by atoms with van der Waals surface area (Å²) in [6.45, 7) is 11.4. The normalized spacial score (nSPS) is 22.2. The first-order chi connectivity index (χ1) is 8.67. The minimum absolute atomic E-state index is 0.160. The second-order valence-corrected chi connectivity index (χ2v) is 7.71. The van der Waals surface area contributed by atoms with E-state index in [9.17, 15) is 4.39 Å². The lowest BCUT2D eigenvalue weighted by Crippen LogP contribution is -2.40. The summed E-state index contributed by atoms with van der Waals surface area (Å²) >= 11 is 0. The van der Waals surface area contributed by atoms with E-state index in [-0.39, 0.29) is 5.82 Å². The molecule has 0 aromatic heterocycles. The van der Waals surface area contributed by atoms with Crippen LogP contribution >= 0.6 is 0 Å². The topological polar surface area (TPSA) is 12.0 Å². The third kappa shape index (κ3) is 3.71. The summed E-state index contributed by atoms with van der Waals surface area (Å²) in [5.41, 5.74) is 2.79. The quantitative estimate of drug-likeness (QED) is 0.778. The third-order valence-corrected chi connectivity index (χ3v) is 4.10. The lowest BCUT2D eigenvalue weighted by Gasteiger charge is -2.45. The fourth-order valence-corrected chi connectivity index (χ4v) is 3.96. The van der Waals surface area contributed by atoms with Crippen molar-refractivity contribution in [2.45, 2.75) is 59.9 Å². The summed E-state index contributed by atoms with van der Waals surface area (Å²) in [6, 6.07) is 5.47. The van der Waals surface area contributed by atoms with E-state index in [0.717, 1.165) is 11.3 Å². The molecule has 0 spiro atoms. The van der Waals surface area contributed by atoms with Gasteiger partial charge in [0.05, 0.1) is 0 Å². The summed E-state index contributed by atoms with van der Waals surface area (Å²) in [6.07, 6.45) is 3.61. The molecule has 19 heavy (non-hydrogen) atoms. The van der Waals surface area contributed by atoms with Crippen molar-refractivity contribution in [2.24, 2.45) is 10.8 Å². The zero-order valence-electron chi connectivity index (χ0n) is 12.8. The molecule has 1 aliphatic rings. The Morgan fingerprint density at radius 2 is 1.68 bits per heavy atom. The van der Waals surface area contributed by atoms with Gasteiger partial charge in [-0.05, 0) is 60.8 Å². The lowest BCUT2D eigenvalue weighted by molar-refractivity contribution is 0.105. The van der Waals surface area contributed by atoms with Gasteiger partial charge < -0.3 is 5.32 Å². The molecule has 1 aliphatic carbocycles. The summed E-state index contributed by atoms with van der Waals surface area (Å²) in [5, 5.41) is 3.62. The van der Waals surface area contributed by atoms with Crippen LogP contribution in [-0.2, 0) is 0 Å². The molecule has 1 nitrogen and oxygen atoms in total. The van der Waals surface area contributed by atoms with E-state index in [1.165, 1.54) is 25.3 Å². The van der Waals surface area contributed by atoms with Crippen molar-refractivity contribution in [3.63, 3.8) is 0 Å². The van der Waals surface area contributed by atoms with Gasteiger partial charge in [-0.2, -0.15) is 0 Å². The Morgan fingerprint density at radius 1 is 1.11 bits per heavy atom. The largest absolute Gasteiger partial charge is 0.382 e. The number of rotatable bonds is 2. The molecule has 0 unspecified atom stereocenters. The Bertz CT molecular complexity index is 446. The van der Waals surface area contributed by atoms with Gasteiger partial charge in [0.2, 0.25) is 0 Å². The van der Waals surface area contributed by atoms with Crippen molar-refractivity contribution in [2.75, 3.05) is 5.32 Å². The molecule has 0 bridgehead atoms. The summed E-state index contributed by atoms with van der Waals surface area (Å²) < 4.78 is 13.1. The molecular weight excluding hydrogens is 237 g/mol. The fourth-order valence-electron chi connectivity index (χ4n) is 3.96. The molecule has 1 fully saturated rings. The zero-order chi connectivity index (χ0) is 14.3. The predicted octanol–water partition coefficient (Wildman–Crippen LogP) is 5.15. The van der Waals surface area contributed by atoms with Gasteiger partial charge in [0.15, 0.2) is 0 Å². The average molecular weight is 263 g/mol. The highest BCUT2D eigenvalue weighted by Gasteiger charge is 2.38. The van der Waals surface area contributed by atoms with Crippen LogP contribution in [0, 0.1) is 23.6 Å². The van der Waals surface area contributed by atoms with E-state index in [0.29, 0.717) is 16.9 Å². The van der Waals surface area contributed by atoms with Crippen LogP contribution in [-0.4, -0.2) is 6.04 Å². The van der Waals surface area contributed by atoms with Crippen molar-refractivity contribution in [3.05, 3.63) is 29.6 Å². The molecule has 1 N–H and O–H groups in total. The van der Waals surface area contributed by atoms with E-state index in [1.54, 1.807) is 6.07 Å². The van der Waals surface area contributed by atoms with Gasteiger partial charge in [-0.25, -0.2) is 4.39 Å². The molecule has 0 atom stereocenters. The monoisotopic (exact) mass is 263 g/mol. The van der Waals surface area contributed by atoms with Gasteiger partial charge in [-0.15, -0.1) is 0 Å². The number of aryl methyl sites for hydroxylation is 1. The first kappa shape index (κ1) is 14.4. The molecule has 2 heteroatoms. The minimum Gasteiger partial charge on any atom is -0.382 e. The Kier molecular flexibility index (Phi) is 3.63. The molecule has 0 saturated heterocycles. The maximum absolute atomic E-state index is 13.1. The van der Waals surface area contributed by atoms with Crippen LogP contribution in [0.15, 0.2) is 18.2 Å². The Balaban J connectivity index is 2.14. The Hall–Kier alpha value is -1.05. The van der Waals surface area contributed by atoms with E-state index < -0.39 is 0 Å². The number of hydrogen-bond acceptors (Lipinski definition) is 1. The van der Waals surface area contributed by atoms with Crippen molar-refractivity contribution in [3.8, 4) is 0 Å². The maximum Gasteiger partial charge on any atom is 0.123 e. The second kappa shape index (κ2) is 4.81. The van der Waals surface area contributed by atoms with Gasteiger partial charge in [0, 0.05) is 11.7 Å². The number of anilines is 1. The first-order valence-corrected chi connectivity index (χ1v) is 7.20. The summed E-state index contributed by atoms with van der Waals surface area (Å²) in [5.74, 6) is -0.160. The number of nitrogens with one attached hydrogen (secondary N) is 1. The van der Waals surface area contributed by atoms with E-state index in [4.69, 9.17) is 0 Å². The van der Waals surface area contributed by atoms with Crippen molar-refractivity contribution >= 4 is 5.69 Å². The highest BCUT2D eigenvalue weighted by atomic mass is 19.1. The highest BCUT2D eigenvalue weighted by molar-refractivity contribution is 5.51. The van der Waals surface area contributed by atoms with Crippen molar-refractivity contribution in [1.82, 2.24) is 0 Å². The van der Waals surface area contributed by atoms with Gasteiger partial charge in [0.25, 0.3) is 0 Å². The number of benzene rings is 1. The zero-order valence-corrected chi connectivity index (χ0v) is 12.8. The molecule has 1 aromatic carbocycles. The lowest BCUT2D eigenvalue weighted by atomic mass is 9.63.